The molecule has 2 nitrogen and oxygen atoms in total. The summed E-state index contributed by atoms with van der Waals surface area (Å²) < 4.78 is 25.0. The lowest BCUT2D eigenvalue weighted by atomic mass is 9.98. The maximum Gasteiger partial charge on any atom is 0.181 e. The van der Waals surface area contributed by atoms with Crippen LogP contribution in [0.2, 0.25) is 0 Å². The number of hydrogen-bond acceptors (Lipinski definition) is 2. The van der Waals surface area contributed by atoms with Crippen molar-refractivity contribution in [1.82, 2.24) is 0 Å². The van der Waals surface area contributed by atoms with Crippen molar-refractivity contribution in [3.8, 4) is 0 Å². The highest BCUT2D eigenvalue weighted by molar-refractivity contribution is 7.92. The smallest absolute Gasteiger partial charge is 0.181 e. The van der Waals surface area contributed by atoms with Crippen LogP contribution in [0.3, 0.4) is 0 Å². The van der Waals surface area contributed by atoms with Crippen molar-refractivity contribution in [3.05, 3.63) is 42.0 Å². The van der Waals surface area contributed by atoms with Gasteiger partial charge >= 0.3 is 0 Å². The zero-order valence-electron chi connectivity index (χ0n) is 13.2. The van der Waals surface area contributed by atoms with E-state index >= 15 is 0 Å². The third kappa shape index (κ3) is 4.44. The van der Waals surface area contributed by atoms with Gasteiger partial charge in [-0.05, 0) is 63.5 Å². The Morgan fingerprint density at radius 2 is 1.95 bits per heavy atom. The quantitative estimate of drug-likeness (QED) is 0.689. The van der Waals surface area contributed by atoms with E-state index in [9.17, 15) is 8.42 Å². The summed E-state index contributed by atoms with van der Waals surface area (Å²) >= 11 is 0. The molecule has 1 fully saturated rings. The molecular formula is C18H26O2S. The van der Waals surface area contributed by atoms with Crippen LogP contribution in [0, 0.1) is 11.8 Å². The third-order valence-electron chi connectivity index (χ3n) is 4.25. The first-order valence-corrected chi connectivity index (χ1v) is 9.38. The van der Waals surface area contributed by atoms with Crippen molar-refractivity contribution in [2.75, 3.05) is 0 Å². The lowest BCUT2D eigenvalue weighted by molar-refractivity contribution is 0.465. The number of benzene rings is 1. The Labute approximate surface area is 129 Å². The molecule has 0 bridgehead atoms. The first-order valence-electron chi connectivity index (χ1n) is 7.83. The molecule has 0 radical (unpaired) electrons. The number of hydrogen-bond donors (Lipinski definition) is 0. The van der Waals surface area contributed by atoms with Crippen molar-refractivity contribution in [1.29, 1.82) is 0 Å². The van der Waals surface area contributed by atoms with E-state index in [0.29, 0.717) is 16.7 Å². The lowest BCUT2D eigenvalue weighted by Crippen LogP contribution is -2.10. The Balaban J connectivity index is 1.86. The molecule has 0 N–H and O–H groups in total. The monoisotopic (exact) mass is 306 g/mol. The Bertz CT molecular complexity index is 583. The molecule has 0 heterocycles. The maximum atomic E-state index is 12.5. The minimum Gasteiger partial charge on any atom is -0.223 e. The summed E-state index contributed by atoms with van der Waals surface area (Å²) in [4.78, 5) is 0.481. The summed E-state index contributed by atoms with van der Waals surface area (Å²) in [5.74, 6) is 0.957. The van der Waals surface area contributed by atoms with E-state index in [0.717, 1.165) is 25.7 Å². The molecule has 1 aromatic rings. The van der Waals surface area contributed by atoms with E-state index in [2.05, 4.69) is 26.8 Å². The van der Waals surface area contributed by atoms with E-state index in [4.69, 9.17) is 0 Å². The van der Waals surface area contributed by atoms with Crippen molar-refractivity contribution in [2.45, 2.75) is 56.6 Å². The van der Waals surface area contributed by atoms with Crippen LogP contribution in [0.25, 0.3) is 0 Å². The van der Waals surface area contributed by atoms with E-state index in [1.54, 1.807) is 24.3 Å². The molecule has 1 aromatic carbocycles. The molecule has 0 amide bonds. The van der Waals surface area contributed by atoms with Gasteiger partial charge in [-0.2, -0.15) is 0 Å². The van der Waals surface area contributed by atoms with Crippen molar-refractivity contribution >= 4 is 9.84 Å². The van der Waals surface area contributed by atoms with Gasteiger partial charge in [-0.25, -0.2) is 8.42 Å². The van der Waals surface area contributed by atoms with E-state index in [1.807, 2.05) is 6.07 Å². The molecule has 1 aliphatic carbocycles. The summed E-state index contributed by atoms with van der Waals surface area (Å²) in [5.41, 5.74) is 1.36. The topological polar surface area (TPSA) is 34.1 Å². The normalized spacial score (nSPS) is 22.6. The average molecular weight is 306 g/mol. The van der Waals surface area contributed by atoms with E-state index in [-0.39, 0.29) is 5.25 Å². The zero-order chi connectivity index (χ0) is 15.5. The summed E-state index contributed by atoms with van der Waals surface area (Å²) in [6, 6.07) is 8.87. The van der Waals surface area contributed by atoms with Gasteiger partial charge in [0.2, 0.25) is 0 Å². The predicted octanol–water partition coefficient (Wildman–Crippen LogP) is 4.62. The van der Waals surface area contributed by atoms with Crippen LogP contribution >= 0.6 is 0 Å². The maximum absolute atomic E-state index is 12.5. The standard InChI is InChI=1S/C18H26O2S/c1-14(2)8-7-9-15(3)12-16-13-18(16)21(19,20)17-10-5-4-6-11-17/h4-6,8,10-11,15-16,18H,7,9,12-13H2,1-3H3/t15-,16?,18?/m0/s1. The second-order valence-electron chi connectivity index (χ2n) is 6.59. The molecule has 1 aliphatic rings. The summed E-state index contributed by atoms with van der Waals surface area (Å²) in [7, 11) is -3.11. The first-order chi connectivity index (χ1) is 9.91. The third-order valence-corrected chi connectivity index (χ3v) is 6.55. The van der Waals surface area contributed by atoms with Crippen LogP contribution < -0.4 is 0 Å². The average Bonchev–Trinajstić information content (AvgIpc) is 3.19. The molecule has 2 rings (SSSR count). The SMILES string of the molecule is CC(C)=CCC[C@H](C)CC1CC1S(=O)(=O)c1ccccc1. The first kappa shape index (κ1) is 16.3. The van der Waals surface area contributed by atoms with Crippen molar-refractivity contribution in [2.24, 2.45) is 11.8 Å². The molecule has 0 aromatic heterocycles. The highest BCUT2D eigenvalue weighted by Gasteiger charge is 2.47. The van der Waals surface area contributed by atoms with Crippen LogP contribution in [-0.2, 0) is 9.84 Å². The van der Waals surface area contributed by atoms with Crippen LogP contribution in [-0.4, -0.2) is 13.7 Å². The zero-order valence-corrected chi connectivity index (χ0v) is 14.1. The highest BCUT2D eigenvalue weighted by Crippen LogP contribution is 2.44. The van der Waals surface area contributed by atoms with E-state index < -0.39 is 9.84 Å². The van der Waals surface area contributed by atoms with Crippen LogP contribution in [0.4, 0.5) is 0 Å². The second kappa shape index (κ2) is 6.78. The van der Waals surface area contributed by atoms with Crippen molar-refractivity contribution < 1.29 is 8.42 Å². The molecule has 0 aliphatic heterocycles. The van der Waals surface area contributed by atoms with Gasteiger partial charge in [0.15, 0.2) is 9.84 Å². The van der Waals surface area contributed by atoms with Gasteiger partial charge in [-0.15, -0.1) is 0 Å². The van der Waals surface area contributed by atoms with Crippen LogP contribution in [0.15, 0.2) is 46.9 Å². The molecule has 3 heteroatoms. The molecule has 3 atom stereocenters. The molecule has 0 saturated heterocycles. The van der Waals surface area contributed by atoms with Crippen LogP contribution in [0.1, 0.15) is 46.5 Å². The molecule has 116 valence electrons. The largest absolute Gasteiger partial charge is 0.223 e. The Morgan fingerprint density at radius 1 is 1.29 bits per heavy atom. The Morgan fingerprint density at radius 3 is 2.57 bits per heavy atom. The fourth-order valence-corrected chi connectivity index (χ4v) is 4.93. The molecule has 2 unspecified atom stereocenters. The van der Waals surface area contributed by atoms with Gasteiger partial charge in [-0.3, -0.25) is 0 Å². The van der Waals surface area contributed by atoms with Crippen molar-refractivity contribution in [3.63, 3.8) is 0 Å². The predicted molar refractivity (Wildman–Crippen MR) is 88.0 cm³/mol. The Kier molecular flexibility index (Phi) is 5.26. The van der Waals surface area contributed by atoms with Gasteiger partial charge in [-0.1, -0.05) is 36.8 Å². The highest BCUT2D eigenvalue weighted by atomic mass is 32.2. The number of allylic oxidation sites excluding steroid dienone is 2. The number of sulfone groups is 1. The lowest BCUT2D eigenvalue weighted by Gasteiger charge is -2.10. The van der Waals surface area contributed by atoms with Gasteiger partial charge in [0, 0.05) is 0 Å². The summed E-state index contributed by atoms with van der Waals surface area (Å²) in [6.45, 7) is 6.48. The van der Waals surface area contributed by atoms with Gasteiger partial charge in [0.1, 0.15) is 0 Å². The summed E-state index contributed by atoms with van der Waals surface area (Å²) in [6.07, 6.45) is 6.39. The minimum absolute atomic E-state index is 0.147. The Hall–Kier alpha value is -1.09. The van der Waals surface area contributed by atoms with Gasteiger partial charge in [0.05, 0.1) is 10.1 Å². The van der Waals surface area contributed by atoms with Gasteiger partial charge in [0.25, 0.3) is 0 Å². The second-order valence-corrected chi connectivity index (χ2v) is 8.76. The molecule has 1 saturated carbocycles. The van der Waals surface area contributed by atoms with Gasteiger partial charge < -0.3 is 0 Å². The fraction of sp³-hybridized carbons (Fsp3) is 0.556. The molecular weight excluding hydrogens is 280 g/mol. The minimum atomic E-state index is -3.11. The molecule has 21 heavy (non-hydrogen) atoms. The number of rotatable bonds is 7. The summed E-state index contributed by atoms with van der Waals surface area (Å²) in [5, 5.41) is -0.147. The fourth-order valence-electron chi connectivity index (χ4n) is 2.92. The van der Waals surface area contributed by atoms with Crippen LogP contribution in [0.5, 0.6) is 0 Å². The molecule has 0 spiro atoms. The van der Waals surface area contributed by atoms with E-state index in [1.165, 1.54) is 5.57 Å².